The SMILES string of the molecule is Cc1ccc(NC(=O)C(=O)Nc2ccc3ccccc3c2)c(O)c1. The molecule has 0 aliphatic heterocycles. The maximum atomic E-state index is 12.0. The van der Waals surface area contributed by atoms with E-state index in [1.165, 1.54) is 6.07 Å². The molecule has 0 unspecified atom stereocenters. The Kier molecular flexibility index (Phi) is 4.16. The van der Waals surface area contributed by atoms with Crippen molar-refractivity contribution in [1.29, 1.82) is 0 Å². The van der Waals surface area contributed by atoms with Crippen molar-refractivity contribution in [2.75, 3.05) is 10.6 Å². The molecular formula is C19H16N2O3. The number of fused-ring (bicyclic) bond motifs is 1. The van der Waals surface area contributed by atoms with Crippen LogP contribution in [0.1, 0.15) is 5.56 Å². The van der Waals surface area contributed by atoms with Crippen LogP contribution in [0.15, 0.2) is 60.7 Å². The average molecular weight is 320 g/mol. The first kappa shape index (κ1) is 15.6. The summed E-state index contributed by atoms with van der Waals surface area (Å²) in [6, 6.07) is 17.9. The predicted octanol–water partition coefficient (Wildman–Crippen LogP) is 3.43. The van der Waals surface area contributed by atoms with Crippen LogP contribution in [0, 0.1) is 6.92 Å². The Labute approximate surface area is 138 Å². The third-order valence-corrected chi connectivity index (χ3v) is 3.61. The van der Waals surface area contributed by atoms with Gasteiger partial charge in [0.2, 0.25) is 0 Å². The number of aryl methyl sites for hydroxylation is 1. The maximum Gasteiger partial charge on any atom is 0.314 e. The number of carbonyl (C=O) groups excluding carboxylic acids is 2. The van der Waals surface area contributed by atoms with Gasteiger partial charge < -0.3 is 15.7 Å². The number of hydrogen-bond acceptors (Lipinski definition) is 3. The van der Waals surface area contributed by atoms with Gasteiger partial charge in [-0.15, -0.1) is 0 Å². The van der Waals surface area contributed by atoms with Crippen molar-refractivity contribution in [2.45, 2.75) is 6.92 Å². The number of nitrogens with one attached hydrogen (secondary N) is 2. The predicted molar refractivity (Wildman–Crippen MR) is 94.1 cm³/mol. The van der Waals surface area contributed by atoms with Gasteiger partial charge in [-0.05, 0) is 47.5 Å². The van der Waals surface area contributed by atoms with Crippen LogP contribution in [-0.4, -0.2) is 16.9 Å². The number of carbonyl (C=O) groups is 2. The first-order valence-electron chi connectivity index (χ1n) is 7.44. The third kappa shape index (κ3) is 3.35. The summed E-state index contributed by atoms with van der Waals surface area (Å²) >= 11 is 0. The Morgan fingerprint density at radius 3 is 2.29 bits per heavy atom. The highest BCUT2D eigenvalue weighted by molar-refractivity contribution is 6.43. The molecule has 0 fully saturated rings. The summed E-state index contributed by atoms with van der Waals surface area (Å²) in [5.41, 5.74) is 1.58. The summed E-state index contributed by atoms with van der Waals surface area (Å²) in [6.45, 7) is 1.82. The smallest absolute Gasteiger partial charge is 0.314 e. The fourth-order valence-corrected chi connectivity index (χ4v) is 2.38. The molecule has 0 spiro atoms. The lowest BCUT2D eigenvalue weighted by atomic mass is 10.1. The molecule has 3 aromatic rings. The van der Waals surface area contributed by atoms with E-state index in [2.05, 4.69) is 10.6 Å². The van der Waals surface area contributed by atoms with E-state index in [-0.39, 0.29) is 11.4 Å². The van der Waals surface area contributed by atoms with Gasteiger partial charge in [0.15, 0.2) is 0 Å². The standard InChI is InChI=1S/C19H16N2O3/c1-12-6-9-16(17(22)10-12)21-19(24)18(23)20-15-8-7-13-4-2-3-5-14(13)11-15/h2-11,22H,1H3,(H,20,23)(H,21,24). The molecule has 24 heavy (non-hydrogen) atoms. The van der Waals surface area contributed by atoms with Gasteiger partial charge in [0.05, 0.1) is 5.69 Å². The molecule has 0 radical (unpaired) electrons. The average Bonchev–Trinajstić information content (AvgIpc) is 2.57. The molecule has 3 N–H and O–H groups in total. The van der Waals surface area contributed by atoms with Crippen LogP contribution in [0.25, 0.3) is 10.8 Å². The van der Waals surface area contributed by atoms with Crippen molar-refractivity contribution in [3.63, 3.8) is 0 Å². The zero-order valence-corrected chi connectivity index (χ0v) is 13.0. The second-order valence-corrected chi connectivity index (χ2v) is 5.49. The van der Waals surface area contributed by atoms with Crippen molar-refractivity contribution in [3.05, 3.63) is 66.2 Å². The molecular weight excluding hydrogens is 304 g/mol. The molecule has 0 bridgehead atoms. The number of anilines is 2. The van der Waals surface area contributed by atoms with Crippen LogP contribution >= 0.6 is 0 Å². The van der Waals surface area contributed by atoms with E-state index < -0.39 is 11.8 Å². The first-order valence-corrected chi connectivity index (χ1v) is 7.44. The number of phenols is 1. The van der Waals surface area contributed by atoms with E-state index in [1.807, 2.05) is 37.3 Å². The third-order valence-electron chi connectivity index (χ3n) is 3.61. The second kappa shape index (κ2) is 6.42. The number of amides is 2. The summed E-state index contributed by atoms with van der Waals surface area (Å²) in [6.07, 6.45) is 0. The summed E-state index contributed by atoms with van der Waals surface area (Å²) < 4.78 is 0. The quantitative estimate of drug-likeness (QED) is 0.500. The molecule has 0 heterocycles. The molecule has 0 atom stereocenters. The molecule has 0 aliphatic carbocycles. The van der Waals surface area contributed by atoms with E-state index in [1.54, 1.807) is 24.3 Å². The topological polar surface area (TPSA) is 78.4 Å². The molecule has 0 saturated carbocycles. The van der Waals surface area contributed by atoms with Crippen LogP contribution in [0.5, 0.6) is 5.75 Å². The minimum absolute atomic E-state index is 0.0816. The highest BCUT2D eigenvalue weighted by Gasteiger charge is 2.15. The van der Waals surface area contributed by atoms with E-state index in [0.29, 0.717) is 5.69 Å². The summed E-state index contributed by atoms with van der Waals surface area (Å²) in [4.78, 5) is 24.0. The first-order chi connectivity index (χ1) is 11.5. The van der Waals surface area contributed by atoms with Gasteiger partial charge in [-0.1, -0.05) is 36.4 Å². The molecule has 0 saturated heterocycles. The zero-order chi connectivity index (χ0) is 17.1. The minimum atomic E-state index is -0.845. The number of benzene rings is 3. The van der Waals surface area contributed by atoms with Gasteiger partial charge in [0.25, 0.3) is 0 Å². The Morgan fingerprint density at radius 1 is 0.833 bits per heavy atom. The van der Waals surface area contributed by atoms with Crippen LogP contribution < -0.4 is 10.6 Å². The van der Waals surface area contributed by atoms with Gasteiger partial charge in [0.1, 0.15) is 5.75 Å². The molecule has 5 heteroatoms. The maximum absolute atomic E-state index is 12.0. The van der Waals surface area contributed by atoms with Gasteiger partial charge in [-0.25, -0.2) is 0 Å². The van der Waals surface area contributed by atoms with Crippen LogP contribution in [0.3, 0.4) is 0 Å². The minimum Gasteiger partial charge on any atom is -0.506 e. The summed E-state index contributed by atoms with van der Waals surface area (Å²) in [7, 11) is 0. The van der Waals surface area contributed by atoms with Crippen LogP contribution in [0.4, 0.5) is 11.4 Å². The highest BCUT2D eigenvalue weighted by atomic mass is 16.3. The Bertz CT molecular complexity index is 935. The number of phenolic OH excluding ortho intramolecular Hbond substituents is 1. The molecule has 120 valence electrons. The van der Waals surface area contributed by atoms with E-state index >= 15 is 0 Å². The fourth-order valence-electron chi connectivity index (χ4n) is 2.38. The highest BCUT2D eigenvalue weighted by Crippen LogP contribution is 2.24. The Balaban J connectivity index is 1.72. The van der Waals surface area contributed by atoms with E-state index in [4.69, 9.17) is 0 Å². The van der Waals surface area contributed by atoms with E-state index in [0.717, 1.165) is 16.3 Å². The molecule has 0 aromatic heterocycles. The zero-order valence-electron chi connectivity index (χ0n) is 13.0. The molecule has 0 aliphatic rings. The number of rotatable bonds is 2. The lowest BCUT2D eigenvalue weighted by molar-refractivity contribution is -0.133. The van der Waals surface area contributed by atoms with Gasteiger partial charge >= 0.3 is 11.8 Å². The largest absolute Gasteiger partial charge is 0.506 e. The lowest BCUT2D eigenvalue weighted by Gasteiger charge is -2.09. The molecule has 3 aromatic carbocycles. The fraction of sp³-hybridized carbons (Fsp3) is 0.0526. The molecule has 2 amide bonds. The van der Waals surface area contributed by atoms with Crippen molar-refractivity contribution >= 4 is 34.0 Å². The van der Waals surface area contributed by atoms with Crippen molar-refractivity contribution in [1.82, 2.24) is 0 Å². The monoisotopic (exact) mass is 320 g/mol. The van der Waals surface area contributed by atoms with Crippen molar-refractivity contribution < 1.29 is 14.7 Å². The summed E-state index contributed by atoms with van der Waals surface area (Å²) in [5, 5.41) is 16.7. The number of hydrogen-bond donors (Lipinski definition) is 3. The van der Waals surface area contributed by atoms with Gasteiger partial charge in [-0.2, -0.15) is 0 Å². The number of aromatic hydroxyl groups is 1. The second-order valence-electron chi connectivity index (χ2n) is 5.49. The summed E-state index contributed by atoms with van der Waals surface area (Å²) in [5.74, 6) is -1.73. The molecule has 3 rings (SSSR count). The Morgan fingerprint density at radius 2 is 1.54 bits per heavy atom. The molecule has 5 nitrogen and oxygen atoms in total. The van der Waals surface area contributed by atoms with Crippen LogP contribution in [-0.2, 0) is 9.59 Å². The van der Waals surface area contributed by atoms with Crippen molar-refractivity contribution in [2.24, 2.45) is 0 Å². The van der Waals surface area contributed by atoms with E-state index in [9.17, 15) is 14.7 Å². The lowest BCUT2D eigenvalue weighted by Crippen LogP contribution is -2.29. The van der Waals surface area contributed by atoms with Gasteiger partial charge in [0, 0.05) is 5.69 Å². The Hall–Kier alpha value is -3.34. The van der Waals surface area contributed by atoms with Gasteiger partial charge in [-0.3, -0.25) is 9.59 Å². The van der Waals surface area contributed by atoms with Crippen molar-refractivity contribution in [3.8, 4) is 5.75 Å². The van der Waals surface area contributed by atoms with Crippen LogP contribution in [0.2, 0.25) is 0 Å². The normalized spacial score (nSPS) is 10.4.